The van der Waals surface area contributed by atoms with Crippen LogP contribution in [0.3, 0.4) is 0 Å². The lowest BCUT2D eigenvalue weighted by atomic mass is 10.4. The van der Waals surface area contributed by atoms with E-state index in [-0.39, 0.29) is 11.7 Å². The van der Waals surface area contributed by atoms with Gasteiger partial charge in [-0.3, -0.25) is 0 Å². The Labute approximate surface area is 113 Å². The van der Waals surface area contributed by atoms with Crippen LogP contribution >= 0.6 is 0 Å². The zero-order chi connectivity index (χ0) is 14.2. The Morgan fingerprint density at radius 3 is 2.00 bits per heavy atom. The predicted octanol–water partition coefficient (Wildman–Crippen LogP) is 3.84. The van der Waals surface area contributed by atoms with Gasteiger partial charge in [0.25, 0.3) is 0 Å². The smallest absolute Gasteiger partial charge is 0.333 e. The van der Waals surface area contributed by atoms with Crippen LogP contribution in [-0.2, 0) is 14.0 Å². The molecule has 4 heteroatoms. The Hall–Kier alpha value is -0.613. The van der Waals surface area contributed by atoms with Crippen LogP contribution in [0.15, 0.2) is 12.2 Å². The van der Waals surface area contributed by atoms with Gasteiger partial charge in [-0.15, -0.1) is 0 Å². The molecule has 0 heterocycles. The van der Waals surface area contributed by atoms with Gasteiger partial charge in [0.05, 0.1) is 0 Å². The maximum Gasteiger partial charge on any atom is 0.333 e. The number of hydrogen-bond acceptors (Lipinski definition) is 3. The molecule has 106 valence electrons. The Kier molecular flexibility index (Phi) is 8.19. The summed E-state index contributed by atoms with van der Waals surface area (Å²) in [4.78, 5) is 11.7. The zero-order valence-electron chi connectivity index (χ0n) is 12.5. The second kappa shape index (κ2) is 8.48. The van der Waals surface area contributed by atoms with E-state index in [1.54, 1.807) is 14.0 Å². The molecule has 0 aliphatic heterocycles. The van der Waals surface area contributed by atoms with Gasteiger partial charge in [0.15, 0.2) is 0 Å². The summed E-state index contributed by atoms with van der Waals surface area (Å²) in [7, 11) is -0.219. The van der Waals surface area contributed by atoms with Gasteiger partial charge in [0, 0.05) is 12.7 Å². The lowest BCUT2D eigenvalue weighted by Crippen LogP contribution is -2.51. The van der Waals surface area contributed by atoms with Crippen molar-refractivity contribution in [2.24, 2.45) is 0 Å². The molecule has 0 aliphatic rings. The summed E-state index contributed by atoms with van der Waals surface area (Å²) in [6, 6.07) is 2.08. The van der Waals surface area contributed by atoms with Crippen LogP contribution in [-0.4, -0.2) is 27.1 Å². The van der Waals surface area contributed by atoms with Gasteiger partial charge in [0.1, 0.15) is 5.73 Å². The van der Waals surface area contributed by atoms with Gasteiger partial charge in [-0.25, -0.2) is 4.79 Å². The lowest BCUT2D eigenvalue weighted by Gasteiger charge is -2.36. The normalized spacial score (nSPS) is 13.2. The molecule has 18 heavy (non-hydrogen) atoms. The maximum atomic E-state index is 11.7. The van der Waals surface area contributed by atoms with E-state index in [1.807, 2.05) is 0 Å². The van der Waals surface area contributed by atoms with E-state index in [4.69, 9.17) is 9.16 Å². The number of carbonyl (C=O) groups is 1. The van der Waals surface area contributed by atoms with E-state index in [9.17, 15) is 4.79 Å². The summed E-state index contributed by atoms with van der Waals surface area (Å²) in [6.07, 6.45) is 2.96. The maximum absolute atomic E-state index is 11.7. The van der Waals surface area contributed by atoms with E-state index in [2.05, 4.69) is 27.4 Å². The summed E-state index contributed by atoms with van der Waals surface area (Å²) in [6.45, 7) is 11.7. The minimum atomic E-state index is -1.99. The number of hydrogen-bond donors (Lipinski definition) is 0. The second-order valence-corrected chi connectivity index (χ2v) is 9.03. The van der Waals surface area contributed by atoms with Crippen LogP contribution < -0.4 is 0 Å². The van der Waals surface area contributed by atoms with Crippen molar-refractivity contribution in [2.75, 3.05) is 7.11 Å². The highest BCUT2D eigenvalue weighted by Crippen LogP contribution is 2.28. The fraction of sp³-hybridized carbons (Fsp3) is 0.786. The summed E-state index contributed by atoms with van der Waals surface area (Å²) in [5.74, 6) is -0.289. The first-order valence-corrected chi connectivity index (χ1v) is 9.29. The molecule has 0 aliphatic carbocycles. The Balaban J connectivity index is 5.00. The van der Waals surface area contributed by atoms with Crippen molar-refractivity contribution >= 4 is 14.3 Å². The SMILES string of the molecule is C=C(C)C(=O)OC(CC)[Si](CCC)(CCC)OC. The Morgan fingerprint density at radius 1 is 1.22 bits per heavy atom. The highest BCUT2D eigenvalue weighted by molar-refractivity contribution is 6.75. The third kappa shape index (κ3) is 4.57. The van der Waals surface area contributed by atoms with Gasteiger partial charge < -0.3 is 9.16 Å². The van der Waals surface area contributed by atoms with E-state index in [1.165, 1.54) is 0 Å². The molecule has 0 bridgehead atoms. The molecule has 0 radical (unpaired) electrons. The van der Waals surface area contributed by atoms with Crippen LogP contribution in [0.25, 0.3) is 0 Å². The second-order valence-electron chi connectivity index (χ2n) is 4.85. The summed E-state index contributed by atoms with van der Waals surface area (Å²) >= 11 is 0. The topological polar surface area (TPSA) is 35.5 Å². The fourth-order valence-corrected chi connectivity index (χ4v) is 6.75. The third-order valence-corrected chi connectivity index (χ3v) is 8.51. The number of ether oxygens (including phenoxy) is 1. The highest BCUT2D eigenvalue weighted by atomic mass is 28.4. The van der Waals surface area contributed by atoms with E-state index < -0.39 is 8.32 Å². The van der Waals surface area contributed by atoms with E-state index >= 15 is 0 Å². The van der Waals surface area contributed by atoms with Crippen LogP contribution in [0, 0.1) is 0 Å². The summed E-state index contributed by atoms with van der Waals surface area (Å²) in [5, 5.41) is 0. The van der Waals surface area contributed by atoms with Crippen molar-refractivity contribution in [3.05, 3.63) is 12.2 Å². The molecule has 0 rings (SSSR count). The molecule has 0 fully saturated rings. The number of rotatable bonds is 9. The average molecular weight is 272 g/mol. The van der Waals surface area contributed by atoms with Crippen LogP contribution in [0.5, 0.6) is 0 Å². The standard InChI is InChI=1S/C14H28O3Si/c1-7-10-18(16-6,11-8-2)13(9-3)17-14(15)12(4)5/h13H,4,7-11H2,1-3,5-6H3. The number of esters is 1. The zero-order valence-corrected chi connectivity index (χ0v) is 13.5. The molecule has 0 aromatic heterocycles. The van der Waals surface area contributed by atoms with E-state index in [0.717, 1.165) is 31.4 Å². The molecule has 0 amide bonds. The predicted molar refractivity (Wildman–Crippen MR) is 77.9 cm³/mol. The van der Waals surface area contributed by atoms with Gasteiger partial charge in [-0.2, -0.15) is 0 Å². The van der Waals surface area contributed by atoms with Gasteiger partial charge in [-0.1, -0.05) is 40.2 Å². The van der Waals surface area contributed by atoms with Gasteiger partial charge in [0.2, 0.25) is 8.32 Å². The molecule has 0 aromatic rings. The lowest BCUT2D eigenvalue weighted by molar-refractivity contribution is -0.141. The highest BCUT2D eigenvalue weighted by Gasteiger charge is 2.42. The third-order valence-electron chi connectivity index (χ3n) is 3.31. The first-order valence-electron chi connectivity index (χ1n) is 6.89. The Morgan fingerprint density at radius 2 is 1.72 bits per heavy atom. The van der Waals surface area contributed by atoms with Gasteiger partial charge in [-0.05, 0) is 25.4 Å². The van der Waals surface area contributed by atoms with Crippen LogP contribution in [0.1, 0.15) is 47.0 Å². The van der Waals surface area contributed by atoms with Crippen molar-refractivity contribution < 1.29 is 14.0 Å². The minimum absolute atomic E-state index is 0.0633. The average Bonchev–Trinajstić information content (AvgIpc) is 2.35. The van der Waals surface area contributed by atoms with E-state index in [0.29, 0.717) is 5.57 Å². The molecule has 1 atom stereocenters. The van der Waals surface area contributed by atoms with Crippen LogP contribution in [0.2, 0.25) is 12.1 Å². The van der Waals surface area contributed by atoms with Crippen molar-refractivity contribution in [2.45, 2.75) is 64.8 Å². The van der Waals surface area contributed by atoms with Crippen molar-refractivity contribution in [3.63, 3.8) is 0 Å². The van der Waals surface area contributed by atoms with Gasteiger partial charge >= 0.3 is 5.97 Å². The molecule has 0 spiro atoms. The molecular weight excluding hydrogens is 244 g/mol. The summed E-state index contributed by atoms with van der Waals surface area (Å²) in [5.41, 5.74) is 0.395. The van der Waals surface area contributed by atoms with Crippen molar-refractivity contribution in [1.29, 1.82) is 0 Å². The quantitative estimate of drug-likeness (QED) is 0.363. The van der Waals surface area contributed by atoms with Crippen LogP contribution in [0.4, 0.5) is 0 Å². The van der Waals surface area contributed by atoms with Crippen molar-refractivity contribution in [3.8, 4) is 0 Å². The molecule has 1 unspecified atom stereocenters. The van der Waals surface area contributed by atoms with Crippen molar-refractivity contribution in [1.82, 2.24) is 0 Å². The molecule has 3 nitrogen and oxygen atoms in total. The monoisotopic (exact) mass is 272 g/mol. The molecular formula is C14H28O3Si. The largest absolute Gasteiger partial charge is 0.460 e. The Bertz CT molecular complexity index is 270. The fourth-order valence-electron chi connectivity index (χ4n) is 2.42. The summed E-state index contributed by atoms with van der Waals surface area (Å²) < 4.78 is 11.5. The first-order chi connectivity index (χ1) is 8.47. The molecule has 0 N–H and O–H groups in total. The first kappa shape index (κ1) is 17.4. The molecule has 0 saturated carbocycles. The molecule has 0 saturated heterocycles. The number of carbonyl (C=O) groups excluding carboxylic acids is 1. The molecule has 0 aromatic carbocycles. The minimum Gasteiger partial charge on any atom is -0.460 e.